The number of aromatic nitrogens is 2. The number of aromatic hydroxyl groups is 1. The third kappa shape index (κ3) is 3.03. The second-order valence-corrected chi connectivity index (χ2v) is 4.43. The summed E-state index contributed by atoms with van der Waals surface area (Å²) in [5, 5.41) is 12.3. The molecular weight excluding hydrogens is 256 g/mol. The first-order valence-corrected chi connectivity index (χ1v) is 6.13. The molecule has 2 aromatic heterocycles. The molecule has 1 amide bonds. The third-order valence-electron chi connectivity index (χ3n) is 2.73. The molecule has 0 unspecified atom stereocenters. The van der Waals surface area contributed by atoms with E-state index in [9.17, 15) is 9.90 Å². The molecule has 0 fully saturated rings. The van der Waals surface area contributed by atoms with Gasteiger partial charge < -0.3 is 15.3 Å². The van der Waals surface area contributed by atoms with Crippen LogP contribution >= 0.6 is 0 Å². The van der Waals surface area contributed by atoms with Crippen LogP contribution in [-0.2, 0) is 6.54 Å². The van der Waals surface area contributed by atoms with Crippen molar-refractivity contribution in [3.63, 3.8) is 0 Å². The summed E-state index contributed by atoms with van der Waals surface area (Å²) < 4.78 is 0. The number of pyridine rings is 2. The highest BCUT2D eigenvalue weighted by Crippen LogP contribution is 2.15. The number of hydrogen-bond acceptors (Lipinski definition) is 5. The zero-order valence-corrected chi connectivity index (χ0v) is 11.4. The standard InChI is InChI=1S/C14H16N4O2/c1-18(2)13-10(5-3-8-16-13)9-17-14(20)12-11(19)6-4-7-15-12/h3-8,19H,9H2,1-2H3,(H,17,20). The summed E-state index contributed by atoms with van der Waals surface area (Å²) in [4.78, 5) is 21.9. The monoisotopic (exact) mass is 272 g/mol. The van der Waals surface area contributed by atoms with Gasteiger partial charge in [-0.15, -0.1) is 0 Å². The van der Waals surface area contributed by atoms with E-state index in [1.165, 1.54) is 12.3 Å². The molecule has 0 aliphatic carbocycles. The zero-order valence-electron chi connectivity index (χ0n) is 11.4. The molecule has 104 valence electrons. The molecule has 0 aromatic carbocycles. The molecule has 0 aliphatic rings. The molecule has 2 N–H and O–H groups in total. The van der Waals surface area contributed by atoms with E-state index in [1.807, 2.05) is 31.1 Å². The molecule has 0 saturated heterocycles. The normalized spacial score (nSPS) is 10.1. The summed E-state index contributed by atoms with van der Waals surface area (Å²) >= 11 is 0. The van der Waals surface area contributed by atoms with E-state index >= 15 is 0 Å². The van der Waals surface area contributed by atoms with Crippen LogP contribution in [-0.4, -0.2) is 35.1 Å². The van der Waals surface area contributed by atoms with Gasteiger partial charge in [0.1, 0.15) is 11.6 Å². The Bertz CT molecular complexity index is 614. The lowest BCUT2D eigenvalue weighted by Gasteiger charge is -2.16. The highest BCUT2D eigenvalue weighted by molar-refractivity contribution is 5.94. The molecule has 6 heteroatoms. The van der Waals surface area contributed by atoms with Gasteiger partial charge in [0.15, 0.2) is 5.69 Å². The zero-order chi connectivity index (χ0) is 14.5. The average Bonchev–Trinajstić information content (AvgIpc) is 2.45. The number of carbonyl (C=O) groups is 1. The Hall–Kier alpha value is -2.63. The van der Waals surface area contributed by atoms with Crippen LogP contribution in [0.1, 0.15) is 16.1 Å². The minimum atomic E-state index is -0.420. The van der Waals surface area contributed by atoms with Crippen molar-refractivity contribution in [2.24, 2.45) is 0 Å². The molecule has 2 heterocycles. The Morgan fingerprint density at radius 3 is 2.65 bits per heavy atom. The maximum atomic E-state index is 12.0. The number of anilines is 1. The van der Waals surface area contributed by atoms with E-state index in [1.54, 1.807) is 12.3 Å². The molecule has 0 radical (unpaired) electrons. The third-order valence-corrected chi connectivity index (χ3v) is 2.73. The lowest BCUT2D eigenvalue weighted by Crippen LogP contribution is -2.25. The smallest absolute Gasteiger partial charge is 0.274 e. The quantitative estimate of drug-likeness (QED) is 0.873. The average molecular weight is 272 g/mol. The second-order valence-electron chi connectivity index (χ2n) is 4.43. The fraction of sp³-hybridized carbons (Fsp3) is 0.214. The van der Waals surface area contributed by atoms with Gasteiger partial charge in [-0.3, -0.25) is 4.79 Å². The van der Waals surface area contributed by atoms with Crippen molar-refractivity contribution < 1.29 is 9.90 Å². The van der Waals surface area contributed by atoms with Gasteiger partial charge in [0.25, 0.3) is 5.91 Å². The minimum absolute atomic E-state index is 0.0165. The maximum Gasteiger partial charge on any atom is 0.274 e. The minimum Gasteiger partial charge on any atom is -0.505 e. The first kappa shape index (κ1) is 13.8. The van der Waals surface area contributed by atoms with Gasteiger partial charge >= 0.3 is 0 Å². The van der Waals surface area contributed by atoms with Gasteiger partial charge in [0, 0.05) is 38.6 Å². The Kier molecular flexibility index (Phi) is 4.14. The Morgan fingerprint density at radius 2 is 1.95 bits per heavy atom. The summed E-state index contributed by atoms with van der Waals surface area (Å²) in [6.07, 6.45) is 3.16. The lowest BCUT2D eigenvalue weighted by atomic mass is 10.2. The van der Waals surface area contributed by atoms with Gasteiger partial charge in [-0.2, -0.15) is 0 Å². The summed E-state index contributed by atoms with van der Waals surface area (Å²) in [6, 6.07) is 6.70. The summed E-state index contributed by atoms with van der Waals surface area (Å²) in [5.74, 6) is 0.235. The molecular formula is C14H16N4O2. The number of rotatable bonds is 4. The largest absolute Gasteiger partial charge is 0.505 e. The number of hydrogen-bond donors (Lipinski definition) is 2. The second kappa shape index (κ2) is 6.01. The molecule has 0 aliphatic heterocycles. The van der Waals surface area contributed by atoms with Crippen molar-refractivity contribution in [3.05, 3.63) is 47.9 Å². The van der Waals surface area contributed by atoms with Crippen LogP contribution < -0.4 is 10.2 Å². The SMILES string of the molecule is CN(C)c1ncccc1CNC(=O)c1ncccc1O. The van der Waals surface area contributed by atoms with Crippen molar-refractivity contribution in [1.29, 1.82) is 0 Å². The molecule has 0 bridgehead atoms. The van der Waals surface area contributed by atoms with Gasteiger partial charge in [-0.05, 0) is 18.2 Å². The van der Waals surface area contributed by atoms with Crippen LogP contribution in [0.3, 0.4) is 0 Å². The summed E-state index contributed by atoms with van der Waals surface area (Å²) in [7, 11) is 3.77. The van der Waals surface area contributed by atoms with Crippen LogP contribution in [0.4, 0.5) is 5.82 Å². The molecule has 0 spiro atoms. The predicted molar refractivity (Wildman–Crippen MR) is 75.6 cm³/mol. The predicted octanol–water partition coefficient (Wildman–Crippen LogP) is 1.18. The summed E-state index contributed by atoms with van der Waals surface area (Å²) in [5.41, 5.74) is 0.907. The van der Waals surface area contributed by atoms with Crippen molar-refractivity contribution in [1.82, 2.24) is 15.3 Å². The van der Waals surface area contributed by atoms with Gasteiger partial charge in [0.2, 0.25) is 0 Å². The highest BCUT2D eigenvalue weighted by atomic mass is 16.3. The molecule has 6 nitrogen and oxygen atoms in total. The lowest BCUT2D eigenvalue weighted by molar-refractivity contribution is 0.0943. The number of amides is 1. The summed E-state index contributed by atoms with van der Waals surface area (Å²) in [6.45, 7) is 0.316. The highest BCUT2D eigenvalue weighted by Gasteiger charge is 2.13. The fourth-order valence-electron chi connectivity index (χ4n) is 1.80. The van der Waals surface area contributed by atoms with Crippen LogP contribution in [0.25, 0.3) is 0 Å². The van der Waals surface area contributed by atoms with Gasteiger partial charge in [-0.1, -0.05) is 6.07 Å². The first-order chi connectivity index (χ1) is 9.59. The number of carbonyl (C=O) groups excluding carboxylic acids is 1. The van der Waals surface area contributed by atoms with E-state index < -0.39 is 5.91 Å². The molecule has 0 atom stereocenters. The van der Waals surface area contributed by atoms with Crippen molar-refractivity contribution >= 4 is 11.7 Å². The van der Waals surface area contributed by atoms with E-state index in [0.717, 1.165) is 11.4 Å². The Balaban J connectivity index is 2.10. The van der Waals surface area contributed by atoms with E-state index in [0.29, 0.717) is 6.54 Å². The molecule has 2 aromatic rings. The van der Waals surface area contributed by atoms with Gasteiger partial charge in [0.05, 0.1) is 0 Å². The fourth-order valence-corrected chi connectivity index (χ4v) is 1.80. The van der Waals surface area contributed by atoms with Crippen molar-refractivity contribution in [3.8, 4) is 5.75 Å². The maximum absolute atomic E-state index is 12.0. The van der Waals surface area contributed by atoms with Crippen molar-refractivity contribution in [2.75, 3.05) is 19.0 Å². The Labute approximate surface area is 117 Å². The molecule has 20 heavy (non-hydrogen) atoms. The van der Waals surface area contributed by atoms with Crippen LogP contribution in [0.2, 0.25) is 0 Å². The topological polar surface area (TPSA) is 78.4 Å². The van der Waals surface area contributed by atoms with Crippen molar-refractivity contribution in [2.45, 2.75) is 6.54 Å². The Morgan fingerprint density at radius 1 is 1.25 bits per heavy atom. The molecule has 2 rings (SSSR count). The van der Waals surface area contributed by atoms with Crippen LogP contribution in [0.15, 0.2) is 36.7 Å². The van der Waals surface area contributed by atoms with E-state index in [-0.39, 0.29) is 11.4 Å². The number of nitrogens with one attached hydrogen (secondary N) is 1. The van der Waals surface area contributed by atoms with E-state index in [2.05, 4.69) is 15.3 Å². The molecule has 0 saturated carbocycles. The van der Waals surface area contributed by atoms with E-state index in [4.69, 9.17) is 0 Å². The van der Waals surface area contributed by atoms with Gasteiger partial charge in [-0.25, -0.2) is 9.97 Å². The number of nitrogens with zero attached hydrogens (tertiary/aromatic N) is 3. The van der Waals surface area contributed by atoms with Crippen LogP contribution in [0, 0.1) is 0 Å². The first-order valence-electron chi connectivity index (χ1n) is 6.13. The van der Waals surface area contributed by atoms with Crippen LogP contribution in [0.5, 0.6) is 5.75 Å².